The van der Waals surface area contributed by atoms with Gasteiger partial charge in [-0.15, -0.1) is 0 Å². The van der Waals surface area contributed by atoms with E-state index >= 15 is 0 Å². The molecule has 2 atom stereocenters. The van der Waals surface area contributed by atoms with E-state index in [1.54, 1.807) is 24.3 Å². The van der Waals surface area contributed by atoms with Crippen LogP contribution in [0, 0.1) is 0 Å². The minimum atomic E-state index is -1.32. The van der Waals surface area contributed by atoms with Crippen LogP contribution >= 0.6 is 23.2 Å². The van der Waals surface area contributed by atoms with E-state index in [9.17, 15) is 24.0 Å². The standard InChI is InChI=1S/C22H17Cl2N3O6/c1-10(27-20(30)12-7-14(23)15(24)8-13(12)21(27)31)22(32)33-11(2)19(29)26-9-18(28)25-16-5-3-4-6-17(16)26/h3-8,10-11H,9H2,1-2H3,(H,25,28)/t10-,11-/m1/s1. The zero-order valence-corrected chi connectivity index (χ0v) is 18.9. The topological polar surface area (TPSA) is 113 Å². The smallest absolute Gasteiger partial charge is 0.329 e. The first-order valence-electron chi connectivity index (χ1n) is 9.87. The van der Waals surface area contributed by atoms with E-state index < -0.39 is 41.7 Å². The van der Waals surface area contributed by atoms with Crippen LogP contribution in [0.2, 0.25) is 10.0 Å². The van der Waals surface area contributed by atoms with Gasteiger partial charge in [0.15, 0.2) is 6.10 Å². The van der Waals surface area contributed by atoms with Gasteiger partial charge in [-0.25, -0.2) is 4.79 Å². The van der Waals surface area contributed by atoms with Crippen LogP contribution in [0.4, 0.5) is 11.4 Å². The molecule has 2 aromatic rings. The van der Waals surface area contributed by atoms with Crippen LogP contribution in [0.15, 0.2) is 36.4 Å². The van der Waals surface area contributed by atoms with Gasteiger partial charge in [-0.05, 0) is 38.1 Å². The number of hydrogen-bond donors (Lipinski definition) is 1. The number of fused-ring (bicyclic) bond motifs is 2. The first-order valence-corrected chi connectivity index (χ1v) is 10.6. The van der Waals surface area contributed by atoms with Crippen molar-refractivity contribution in [1.29, 1.82) is 0 Å². The highest BCUT2D eigenvalue weighted by Gasteiger charge is 2.43. The van der Waals surface area contributed by atoms with Gasteiger partial charge in [-0.3, -0.25) is 29.0 Å². The summed E-state index contributed by atoms with van der Waals surface area (Å²) in [6.45, 7) is 2.42. The van der Waals surface area contributed by atoms with Crippen LogP contribution in [0.3, 0.4) is 0 Å². The van der Waals surface area contributed by atoms with Gasteiger partial charge < -0.3 is 10.1 Å². The summed E-state index contributed by atoms with van der Waals surface area (Å²) < 4.78 is 5.27. The lowest BCUT2D eigenvalue weighted by Gasteiger charge is -2.31. The number of esters is 1. The van der Waals surface area contributed by atoms with Crippen LogP contribution in [-0.2, 0) is 19.1 Å². The van der Waals surface area contributed by atoms with Crippen LogP contribution < -0.4 is 10.2 Å². The quantitative estimate of drug-likeness (QED) is 0.521. The molecule has 170 valence electrons. The highest BCUT2D eigenvalue weighted by Crippen LogP contribution is 2.33. The van der Waals surface area contributed by atoms with Crippen molar-refractivity contribution in [2.75, 3.05) is 16.8 Å². The van der Waals surface area contributed by atoms with Crippen molar-refractivity contribution in [3.8, 4) is 0 Å². The maximum absolute atomic E-state index is 13.0. The molecule has 9 nitrogen and oxygen atoms in total. The Morgan fingerprint density at radius 1 is 1.00 bits per heavy atom. The maximum Gasteiger partial charge on any atom is 0.329 e. The third-order valence-corrected chi connectivity index (χ3v) is 6.09. The third-order valence-electron chi connectivity index (χ3n) is 5.36. The van der Waals surface area contributed by atoms with Gasteiger partial charge in [0, 0.05) is 0 Å². The first-order chi connectivity index (χ1) is 15.6. The van der Waals surface area contributed by atoms with Gasteiger partial charge in [0.25, 0.3) is 17.7 Å². The highest BCUT2D eigenvalue weighted by atomic mass is 35.5. The summed E-state index contributed by atoms with van der Waals surface area (Å²) >= 11 is 11.9. The normalized spacial score (nSPS) is 16.7. The number of carbonyl (C=O) groups is 5. The second-order valence-corrected chi connectivity index (χ2v) is 8.35. The molecule has 2 heterocycles. The van der Waals surface area contributed by atoms with E-state index in [1.807, 2.05) is 0 Å². The van der Waals surface area contributed by atoms with E-state index in [1.165, 1.54) is 30.9 Å². The zero-order valence-electron chi connectivity index (χ0n) is 17.4. The fourth-order valence-corrected chi connectivity index (χ4v) is 4.01. The first kappa shape index (κ1) is 22.8. The van der Waals surface area contributed by atoms with Crippen LogP contribution in [0.25, 0.3) is 0 Å². The van der Waals surface area contributed by atoms with Crippen molar-refractivity contribution in [2.24, 2.45) is 0 Å². The molecule has 33 heavy (non-hydrogen) atoms. The Bertz CT molecular complexity index is 1190. The third kappa shape index (κ3) is 3.94. The Labute approximate surface area is 198 Å². The van der Waals surface area contributed by atoms with Gasteiger partial charge >= 0.3 is 5.97 Å². The number of carbonyl (C=O) groups excluding carboxylic acids is 5. The number of para-hydroxylation sites is 2. The molecule has 2 aliphatic rings. The van der Waals surface area contributed by atoms with Crippen LogP contribution in [0.1, 0.15) is 34.6 Å². The number of hydrogen-bond acceptors (Lipinski definition) is 6. The van der Waals surface area contributed by atoms with E-state index in [0.29, 0.717) is 11.4 Å². The molecule has 0 aromatic heterocycles. The molecular formula is C22H17Cl2N3O6. The molecule has 0 aliphatic carbocycles. The second-order valence-electron chi connectivity index (χ2n) is 7.54. The number of anilines is 2. The van der Waals surface area contributed by atoms with Crippen molar-refractivity contribution in [3.63, 3.8) is 0 Å². The number of nitrogens with zero attached hydrogens (tertiary/aromatic N) is 2. The van der Waals surface area contributed by atoms with E-state index in [4.69, 9.17) is 27.9 Å². The lowest BCUT2D eigenvalue weighted by atomic mass is 10.1. The van der Waals surface area contributed by atoms with Crippen molar-refractivity contribution >= 4 is 64.2 Å². The van der Waals surface area contributed by atoms with Gasteiger partial charge in [-0.2, -0.15) is 0 Å². The Balaban J connectivity index is 1.49. The molecule has 0 radical (unpaired) electrons. The molecule has 0 saturated carbocycles. The van der Waals surface area contributed by atoms with Crippen molar-refractivity contribution < 1.29 is 28.7 Å². The molecule has 0 saturated heterocycles. The van der Waals surface area contributed by atoms with Crippen LogP contribution in [-0.4, -0.2) is 53.2 Å². The fraction of sp³-hybridized carbons (Fsp3) is 0.227. The Hall–Kier alpha value is -3.43. The summed E-state index contributed by atoms with van der Waals surface area (Å²) in [5.41, 5.74) is 0.965. The average Bonchev–Trinajstić information content (AvgIpc) is 3.01. The number of amides is 4. The number of benzene rings is 2. The molecule has 0 spiro atoms. The largest absolute Gasteiger partial charge is 0.451 e. The molecular weight excluding hydrogens is 473 g/mol. The zero-order chi connectivity index (χ0) is 24.0. The maximum atomic E-state index is 13.0. The molecule has 0 bridgehead atoms. The number of ether oxygens (including phenoxy) is 1. The molecule has 4 rings (SSSR count). The summed E-state index contributed by atoms with van der Waals surface area (Å²) in [5, 5.41) is 2.86. The van der Waals surface area contributed by atoms with E-state index in [-0.39, 0.29) is 27.7 Å². The second kappa shape index (κ2) is 8.49. The van der Waals surface area contributed by atoms with Crippen molar-refractivity contribution in [3.05, 3.63) is 57.6 Å². The summed E-state index contributed by atoms with van der Waals surface area (Å²) in [4.78, 5) is 65.1. The predicted molar refractivity (Wildman–Crippen MR) is 119 cm³/mol. The van der Waals surface area contributed by atoms with E-state index in [2.05, 4.69) is 5.32 Å². The molecule has 0 unspecified atom stereocenters. The monoisotopic (exact) mass is 489 g/mol. The number of nitrogens with one attached hydrogen (secondary N) is 1. The number of rotatable bonds is 4. The summed E-state index contributed by atoms with van der Waals surface area (Å²) in [5.74, 6) is -3.43. The van der Waals surface area contributed by atoms with Gasteiger partial charge in [0.2, 0.25) is 5.91 Å². The number of imide groups is 1. The Morgan fingerprint density at radius 3 is 2.18 bits per heavy atom. The predicted octanol–water partition coefficient (Wildman–Crippen LogP) is 2.89. The molecule has 2 aliphatic heterocycles. The number of halogens is 2. The van der Waals surface area contributed by atoms with Gasteiger partial charge in [0.1, 0.15) is 12.6 Å². The molecule has 2 aromatic carbocycles. The molecule has 0 fully saturated rings. The summed E-state index contributed by atoms with van der Waals surface area (Å²) in [6.07, 6.45) is -1.28. The van der Waals surface area contributed by atoms with Gasteiger partial charge in [0.05, 0.1) is 32.5 Å². The Morgan fingerprint density at radius 2 is 1.58 bits per heavy atom. The van der Waals surface area contributed by atoms with Crippen molar-refractivity contribution in [2.45, 2.75) is 26.0 Å². The fourth-order valence-electron chi connectivity index (χ4n) is 3.68. The SMILES string of the molecule is C[C@H](C(=O)O[C@H](C)C(=O)N1CC(=O)Nc2ccccc21)N1C(=O)c2cc(Cl)c(Cl)cc2C1=O. The van der Waals surface area contributed by atoms with Gasteiger partial charge in [-0.1, -0.05) is 35.3 Å². The Kier molecular flexibility index (Phi) is 5.85. The van der Waals surface area contributed by atoms with Crippen LogP contribution in [0.5, 0.6) is 0 Å². The lowest BCUT2D eigenvalue weighted by Crippen LogP contribution is -2.49. The molecule has 4 amide bonds. The molecule has 11 heteroatoms. The minimum Gasteiger partial charge on any atom is -0.451 e. The summed E-state index contributed by atoms with van der Waals surface area (Å²) in [6, 6.07) is 7.93. The molecule has 1 N–H and O–H groups in total. The highest BCUT2D eigenvalue weighted by molar-refractivity contribution is 6.43. The minimum absolute atomic E-state index is 0.0223. The van der Waals surface area contributed by atoms with Crippen molar-refractivity contribution in [1.82, 2.24) is 4.90 Å². The van der Waals surface area contributed by atoms with E-state index in [0.717, 1.165) is 4.90 Å². The summed E-state index contributed by atoms with van der Waals surface area (Å²) in [7, 11) is 0. The average molecular weight is 490 g/mol. The lowest BCUT2D eigenvalue weighted by molar-refractivity contribution is -0.157.